The topological polar surface area (TPSA) is 92.9 Å². The van der Waals surface area contributed by atoms with Crippen LogP contribution in [-0.2, 0) is 6.54 Å². The quantitative estimate of drug-likeness (QED) is 0.752. The van der Waals surface area contributed by atoms with Gasteiger partial charge in [0, 0.05) is 24.7 Å². The van der Waals surface area contributed by atoms with Crippen molar-refractivity contribution in [3.63, 3.8) is 0 Å². The Balaban J connectivity index is 1.65. The Bertz CT molecular complexity index is 801. The molecule has 1 amide bonds. The van der Waals surface area contributed by atoms with E-state index in [2.05, 4.69) is 25.8 Å². The first-order chi connectivity index (χ1) is 11.2. The Hall–Kier alpha value is -3.22. The fourth-order valence-electron chi connectivity index (χ4n) is 1.97. The highest BCUT2D eigenvalue weighted by Gasteiger charge is 2.10. The lowest BCUT2D eigenvalue weighted by molar-refractivity contribution is 0.102. The van der Waals surface area contributed by atoms with Crippen LogP contribution in [0, 0.1) is 6.92 Å². The molecular weight excluding hydrogens is 294 g/mol. The third-order valence-corrected chi connectivity index (χ3v) is 3.07. The zero-order valence-electron chi connectivity index (χ0n) is 12.5. The minimum Gasteiger partial charge on any atom is -0.378 e. The number of hydrogen-bond donors (Lipinski definition) is 2. The number of anilines is 2. The predicted octanol–water partition coefficient (Wildman–Crippen LogP) is 2.64. The predicted molar refractivity (Wildman–Crippen MR) is 85.0 cm³/mol. The van der Waals surface area contributed by atoms with Gasteiger partial charge >= 0.3 is 0 Å². The number of amides is 1. The Morgan fingerprint density at radius 3 is 2.91 bits per heavy atom. The molecule has 0 aliphatic rings. The molecule has 3 aromatic rings. The van der Waals surface area contributed by atoms with Crippen LogP contribution in [0.4, 0.5) is 11.5 Å². The summed E-state index contributed by atoms with van der Waals surface area (Å²) in [5.41, 5.74) is 2.07. The molecule has 23 heavy (non-hydrogen) atoms. The molecule has 2 N–H and O–H groups in total. The molecule has 0 aliphatic heterocycles. The smallest absolute Gasteiger partial charge is 0.258 e. The van der Waals surface area contributed by atoms with Crippen molar-refractivity contribution in [1.29, 1.82) is 0 Å². The molecule has 0 radical (unpaired) electrons. The number of nitrogens with one attached hydrogen (secondary N) is 2. The van der Waals surface area contributed by atoms with Gasteiger partial charge in [0.25, 0.3) is 5.91 Å². The van der Waals surface area contributed by atoms with Crippen LogP contribution in [0.5, 0.6) is 0 Å². The molecule has 0 atom stereocenters. The van der Waals surface area contributed by atoms with Crippen LogP contribution in [0.3, 0.4) is 0 Å². The van der Waals surface area contributed by atoms with E-state index >= 15 is 0 Å². The maximum atomic E-state index is 12.2. The van der Waals surface area contributed by atoms with Crippen molar-refractivity contribution in [3.8, 4) is 0 Å². The number of aromatic nitrogens is 3. The molecule has 7 nitrogen and oxygen atoms in total. The largest absolute Gasteiger partial charge is 0.378 e. The lowest BCUT2D eigenvalue weighted by Crippen LogP contribution is -2.13. The van der Waals surface area contributed by atoms with Gasteiger partial charge in [0.2, 0.25) is 0 Å². The molecule has 3 rings (SSSR count). The highest BCUT2D eigenvalue weighted by molar-refractivity contribution is 6.04. The number of aryl methyl sites for hydroxylation is 1. The summed E-state index contributed by atoms with van der Waals surface area (Å²) in [7, 11) is 0. The molecule has 0 bridgehead atoms. The third kappa shape index (κ3) is 3.91. The first-order valence-electron chi connectivity index (χ1n) is 7.04. The molecule has 0 spiro atoms. The monoisotopic (exact) mass is 309 g/mol. The normalized spacial score (nSPS) is 10.3. The lowest BCUT2D eigenvalue weighted by atomic mass is 10.2. The summed E-state index contributed by atoms with van der Waals surface area (Å²) in [6, 6.07) is 9.07. The Morgan fingerprint density at radius 1 is 1.26 bits per heavy atom. The molecule has 0 fully saturated rings. The van der Waals surface area contributed by atoms with Gasteiger partial charge in [-0.15, -0.1) is 0 Å². The Kier molecular flexibility index (Phi) is 4.28. The van der Waals surface area contributed by atoms with Crippen molar-refractivity contribution >= 4 is 17.4 Å². The Morgan fingerprint density at radius 2 is 2.17 bits per heavy atom. The summed E-state index contributed by atoms with van der Waals surface area (Å²) < 4.78 is 4.91. The fourth-order valence-corrected chi connectivity index (χ4v) is 1.97. The second-order valence-electron chi connectivity index (χ2n) is 4.91. The van der Waals surface area contributed by atoms with Crippen LogP contribution in [0.15, 0.2) is 53.4 Å². The molecule has 0 unspecified atom stereocenters. The zero-order valence-corrected chi connectivity index (χ0v) is 12.5. The van der Waals surface area contributed by atoms with Crippen molar-refractivity contribution in [2.45, 2.75) is 13.5 Å². The molecule has 0 saturated heterocycles. The van der Waals surface area contributed by atoms with Crippen molar-refractivity contribution in [1.82, 2.24) is 15.1 Å². The van der Waals surface area contributed by atoms with Crippen LogP contribution in [-0.4, -0.2) is 21.0 Å². The van der Waals surface area contributed by atoms with Gasteiger partial charge in [-0.1, -0.05) is 11.2 Å². The summed E-state index contributed by atoms with van der Waals surface area (Å²) in [5, 5.41) is 9.57. The molecule has 0 aromatic carbocycles. The first-order valence-corrected chi connectivity index (χ1v) is 7.04. The highest BCUT2D eigenvalue weighted by Crippen LogP contribution is 2.13. The summed E-state index contributed by atoms with van der Waals surface area (Å²) in [4.78, 5) is 20.5. The number of carbonyl (C=O) groups is 1. The van der Waals surface area contributed by atoms with Gasteiger partial charge in [-0.05, 0) is 25.1 Å². The molecule has 3 heterocycles. The van der Waals surface area contributed by atoms with Gasteiger partial charge in [-0.2, -0.15) is 0 Å². The van der Waals surface area contributed by atoms with E-state index in [4.69, 9.17) is 4.52 Å². The highest BCUT2D eigenvalue weighted by atomic mass is 16.5. The van der Waals surface area contributed by atoms with Crippen molar-refractivity contribution in [2.24, 2.45) is 0 Å². The third-order valence-electron chi connectivity index (χ3n) is 3.07. The zero-order chi connectivity index (χ0) is 16.1. The van der Waals surface area contributed by atoms with Crippen LogP contribution < -0.4 is 10.6 Å². The Labute approximate surface area is 132 Å². The SMILES string of the molecule is Cc1cc(NC(=O)c2cncc(NCc3ccccn3)c2)no1. The second-order valence-corrected chi connectivity index (χ2v) is 4.91. The van der Waals surface area contributed by atoms with Gasteiger partial charge in [0.1, 0.15) is 5.76 Å². The van der Waals surface area contributed by atoms with E-state index < -0.39 is 0 Å². The molecule has 0 saturated carbocycles. The van der Waals surface area contributed by atoms with E-state index in [0.29, 0.717) is 23.7 Å². The van der Waals surface area contributed by atoms with E-state index in [-0.39, 0.29) is 5.91 Å². The maximum Gasteiger partial charge on any atom is 0.258 e. The molecule has 3 aromatic heterocycles. The van der Waals surface area contributed by atoms with Crippen LogP contribution >= 0.6 is 0 Å². The van der Waals surface area contributed by atoms with Gasteiger partial charge in [-0.3, -0.25) is 14.8 Å². The maximum absolute atomic E-state index is 12.2. The number of nitrogens with zero attached hydrogens (tertiary/aromatic N) is 3. The van der Waals surface area contributed by atoms with Crippen molar-refractivity contribution in [2.75, 3.05) is 10.6 Å². The number of pyridine rings is 2. The van der Waals surface area contributed by atoms with E-state index in [9.17, 15) is 4.79 Å². The summed E-state index contributed by atoms with van der Waals surface area (Å²) in [5.74, 6) is 0.704. The van der Waals surface area contributed by atoms with E-state index in [1.54, 1.807) is 31.5 Å². The first kappa shape index (κ1) is 14.7. The van der Waals surface area contributed by atoms with Gasteiger partial charge in [0.15, 0.2) is 5.82 Å². The van der Waals surface area contributed by atoms with Crippen LogP contribution in [0.25, 0.3) is 0 Å². The van der Waals surface area contributed by atoms with Crippen LogP contribution in [0.1, 0.15) is 21.8 Å². The molecule has 7 heteroatoms. The number of hydrogen-bond acceptors (Lipinski definition) is 6. The van der Waals surface area contributed by atoms with Gasteiger partial charge < -0.3 is 15.2 Å². The van der Waals surface area contributed by atoms with E-state index in [1.807, 2.05) is 18.2 Å². The van der Waals surface area contributed by atoms with Crippen molar-refractivity contribution in [3.05, 3.63) is 65.9 Å². The number of rotatable bonds is 5. The molecule has 116 valence electrons. The van der Waals surface area contributed by atoms with Gasteiger partial charge in [0.05, 0.1) is 23.5 Å². The second kappa shape index (κ2) is 6.69. The van der Waals surface area contributed by atoms with Gasteiger partial charge in [-0.25, -0.2) is 0 Å². The van der Waals surface area contributed by atoms with E-state index in [1.165, 1.54) is 6.20 Å². The molecular formula is C16H15N5O2. The summed E-state index contributed by atoms with van der Waals surface area (Å²) in [6.45, 7) is 2.31. The average molecular weight is 309 g/mol. The average Bonchev–Trinajstić information content (AvgIpc) is 2.99. The minimum atomic E-state index is -0.299. The molecule has 0 aliphatic carbocycles. The van der Waals surface area contributed by atoms with E-state index in [0.717, 1.165) is 11.4 Å². The van der Waals surface area contributed by atoms with Crippen molar-refractivity contribution < 1.29 is 9.32 Å². The fraction of sp³-hybridized carbons (Fsp3) is 0.125. The lowest BCUT2D eigenvalue weighted by Gasteiger charge is -2.07. The van der Waals surface area contributed by atoms with Crippen LogP contribution in [0.2, 0.25) is 0 Å². The summed E-state index contributed by atoms with van der Waals surface area (Å²) in [6.07, 6.45) is 4.88. The summed E-state index contributed by atoms with van der Waals surface area (Å²) >= 11 is 0. The standard InChI is InChI=1S/C16H15N5O2/c1-11-6-15(21-23-11)20-16(22)12-7-14(9-17-8-12)19-10-13-4-2-3-5-18-13/h2-9,19H,10H2,1H3,(H,20,21,22). The number of carbonyl (C=O) groups excluding carboxylic acids is 1. The minimum absolute atomic E-state index is 0.299.